The van der Waals surface area contributed by atoms with E-state index in [0.29, 0.717) is 41.4 Å². The number of carbonyl (C=O) groups is 1. The van der Waals surface area contributed by atoms with E-state index in [1.165, 1.54) is 10.9 Å². The van der Waals surface area contributed by atoms with E-state index < -0.39 is 0 Å². The van der Waals surface area contributed by atoms with Crippen LogP contribution in [0.15, 0.2) is 65.7 Å². The molecule has 184 valence electrons. The monoisotopic (exact) mass is 485 g/mol. The number of hydrogen-bond acceptors (Lipinski definition) is 8. The molecule has 0 bridgehead atoms. The van der Waals surface area contributed by atoms with Gasteiger partial charge in [-0.15, -0.1) is 0 Å². The van der Waals surface area contributed by atoms with Gasteiger partial charge < -0.3 is 20.3 Å². The van der Waals surface area contributed by atoms with Crippen LogP contribution in [0.25, 0.3) is 10.9 Å². The van der Waals surface area contributed by atoms with Crippen molar-refractivity contribution in [2.45, 2.75) is 19.9 Å². The summed E-state index contributed by atoms with van der Waals surface area (Å²) in [5.74, 6) is 2.08. The minimum absolute atomic E-state index is 0.152. The summed E-state index contributed by atoms with van der Waals surface area (Å²) >= 11 is 0. The molecule has 1 amide bonds. The molecule has 0 spiro atoms. The molecule has 0 atom stereocenters. The largest absolute Gasteiger partial charge is 0.378 e. The molecule has 10 nitrogen and oxygen atoms in total. The van der Waals surface area contributed by atoms with Crippen molar-refractivity contribution < 1.29 is 9.53 Å². The Hall–Kier alpha value is -4.31. The smallest absolute Gasteiger partial charge is 0.261 e. The first-order valence-electron chi connectivity index (χ1n) is 11.8. The molecule has 0 saturated carbocycles. The van der Waals surface area contributed by atoms with Crippen molar-refractivity contribution in [2.75, 3.05) is 41.8 Å². The first-order valence-corrected chi connectivity index (χ1v) is 11.8. The number of ether oxygens (including phenoxy) is 1. The molecular formula is C26H27N7O3. The normalized spacial score (nSPS) is 13.5. The maximum atomic E-state index is 12.6. The van der Waals surface area contributed by atoms with Gasteiger partial charge in [0, 0.05) is 43.5 Å². The third kappa shape index (κ3) is 5.49. The Morgan fingerprint density at radius 2 is 1.78 bits per heavy atom. The van der Waals surface area contributed by atoms with Crippen molar-refractivity contribution >= 4 is 39.8 Å². The van der Waals surface area contributed by atoms with E-state index in [1.54, 1.807) is 18.2 Å². The minimum atomic E-state index is -0.183. The van der Waals surface area contributed by atoms with Crippen molar-refractivity contribution in [3.05, 3.63) is 77.1 Å². The second-order valence-corrected chi connectivity index (χ2v) is 8.52. The fourth-order valence-electron chi connectivity index (χ4n) is 4.07. The molecule has 3 heterocycles. The van der Waals surface area contributed by atoms with Gasteiger partial charge in [-0.1, -0.05) is 12.1 Å². The molecule has 0 unspecified atom stereocenters. The van der Waals surface area contributed by atoms with Gasteiger partial charge in [0.2, 0.25) is 5.91 Å². The number of benzene rings is 2. The zero-order valence-electron chi connectivity index (χ0n) is 20.0. The number of anilines is 4. The van der Waals surface area contributed by atoms with Gasteiger partial charge in [-0.3, -0.25) is 14.2 Å². The Bertz CT molecular complexity index is 1430. The Morgan fingerprint density at radius 3 is 2.58 bits per heavy atom. The van der Waals surface area contributed by atoms with E-state index in [-0.39, 0.29) is 24.4 Å². The van der Waals surface area contributed by atoms with E-state index in [1.807, 2.05) is 43.3 Å². The summed E-state index contributed by atoms with van der Waals surface area (Å²) < 4.78 is 6.89. The molecule has 36 heavy (non-hydrogen) atoms. The second-order valence-electron chi connectivity index (χ2n) is 8.52. The van der Waals surface area contributed by atoms with E-state index in [4.69, 9.17) is 4.74 Å². The minimum Gasteiger partial charge on any atom is -0.378 e. The van der Waals surface area contributed by atoms with Crippen molar-refractivity contribution in [1.29, 1.82) is 0 Å². The van der Waals surface area contributed by atoms with Crippen molar-refractivity contribution in [3.8, 4) is 0 Å². The first-order chi connectivity index (χ1) is 17.5. The zero-order valence-corrected chi connectivity index (χ0v) is 20.0. The number of fused-ring (bicyclic) bond motifs is 1. The summed E-state index contributed by atoms with van der Waals surface area (Å²) in [5, 5.41) is 6.72. The highest BCUT2D eigenvalue weighted by Gasteiger charge is 2.14. The fourth-order valence-corrected chi connectivity index (χ4v) is 4.07. The SMILES string of the molecule is Cc1nc(Nc2ccc(NC(=O)CCn3cnc4ccccc4c3=O)cc2)cc(N2CCOCC2)n1. The van der Waals surface area contributed by atoms with Gasteiger partial charge in [-0.05, 0) is 43.3 Å². The van der Waals surface area contributed by atoms with Crippen LogP contribution >= 0.6 is 0 Å². The molecule has 1 fully saturated rings. The van der Waals surface area contributed by atoms with Crippen molar-refractivity contribution in [2.24, 2.45) is 0 Å². The molecule has 1 aliphatic rings. The highest BCUT2D eigenvalue weighted by atomic mass is 16.5. The topological polar surface area (TPSA) is 114 Å². The lowest BCUT2D eigenvalue weighted by Gasteiger charge is -2.28. The maximum Gasteiger partial charge on any atom is 0.261 e. The zero-order chi connectivity index (χ0) is 24.9. The van der Waals surface area contributed by atoms with E-state index >= 15 is 0 Å². The number of nitrogens with one attached hydrogen (secondary N) is 2. The summed E-state index contributed by atoms with van der Waals surface area (Å²) in [6.45, 7) is 5.10. The van der Waals surface area contributed by atoms with E-state index in [9.17, 15) is 9.59 Å². The summed E-state index contributed by atoms with van der Waals surface area (Å²) in [7, 11) is 0. The van der Waals surface area contributed by atoms with Crippen LogP contribution in [-0.4, -0.2) is 51.7 Å². The molecule has 1 saturated heterocycles. The highest BCUT2D eigenvalue weighted by molar-refractivity contribution is 5.90. The Morgan fingerprint density at radius 1 is 1.03 bits per heavy atom. The van der Waals surface area contributed by atoms with Gasteiger partial charge in [0.1, 0.15) is 17.5 Å². The molecule has 1 aliphatic heterocycles. The predicted octanol–water partition coefficient (Wildman–Crippen LogP) is 3.10. The van der Waals surface area contributed by atoms with Gasteiger partial charge >= 0.3 is 0 Å². The van der Waals surface area contributed by atoms with Crippen LogP contribution in [0.1, 0.15) is 12.2 Å². The number of carbonyl (C=O) groups excluding carboxylic acids is 1. The molecule has 2 aromatic heterocycles. The van der Waals surface area contributed by atoms with Crippen LogP contribution in [0.5, 0.6) is 0 Å². The third-order valence-corrected chi connectivity index (χ3v) is 5.91. The third-order valence-electron chi connectivity index (χ3n) is 5.91. The number of hydrogen-bond donors (Lipinski definition) is 2. The summed E-state index contributed by atoms with van der Waals surface area (Å²) in [6.07, 6.45) is 1.64. The van der Waals surface area contributed by atoms with Gasteiger partial charge in [0.25, 0.3) is 5.56 Å². The molecule has 10 heteroatoms. The number of rotatable bonds is 7. The molecule has 2 N–H and O–H groups in total. The molecule has 2 aromatic carbocycles. The second kappa shape index (κ2) is 10.5. The predicted molar refractivity (Wildman–Crippen MR) is 139 cm³/mol. The molecular weight excluding hydrogens is 458 g/mol. The molecule has 0 radical (unpaired) electrons. The van der Waals surface area contributed by atoms with Crippen molar-refractivity contribution in [3.63, 3.8) is 0 Å². The number of nitrogens with zero attached hydrogens (tertiary/aromatic N) is 5. The number of para-hydroxylation sites is 1. The Balaban J connectivity index is 1.18. The lowest BCUT2D eigenvalue weighted by Crippen LogP contribution is -2.36. The molecule has 4 aromatic rings. The highest BCUT2D eigenvalue weighted by Crippen LogP contribution is 2.22. The van der Waals surface area contributed by atoms with Crippen LogP contribution in [0.2, 0.25) is 0 Å². The van der Waals surface area contributed by atoms with E-state index in [2.05, 4.69) is 30.5 Å². The quantitative estimate of drug-likeness (QED) is 0.411. The van der Waals surface area contributed by atoms with Gasteiger partial charge in [-0.2, -0.15) is 0 Å². The van der Waals surface area contributed by atoms with Crippen LogP contribution < -0.4 is 21.1 Å². The van der Waals surface area contributed by atoms with Crippen LogP contribution in [-0.2, 0) is 16.1 Å². The maximum absolute atomic E-state index is 12.6. The molecule has 5 rings (SSSR count). The average molecular weight is 486 g/mol. The van der Waals surface area contributed by atoms with Gasteiger partial charge in [0.15, 0.2) is 0 Å². The number of aryl methyl sites for hydroxylation is 2. The lowest BCUT2D eigenvalue weighted by atomic mass is 10.2. The van der Waals surface area contributed by atoms with Gasteiger partial charge in [-0.25, -0.2) is 15.0 Å². The van der Waals surface area contributed by atoms with Crippen LogP contribution in [0.3, 0.4) is 0 Å². The number of aromatic nitrogens is 4. The lowest BCUT2D eigenvalue weighted by molar-refractivity contribution is -0.116. The standard InChI is InChI=1S/C26H27N7O3/c1-18-28-23(16-24(29-18)32-12-14-36-15-13-32)30-19-6-8-20(9-7-19)31-25(34)10-11-33-17-27-22-5-3-2-4-21(22)26(33)35/h2-9,16-17H,10-15H2,1H3,(H,31,34)(H,28,29,30). The van der Waals surface area contributed by atoms with Crippen LogP contribution in [0, 0.1) is 6.92 Å². The average Bonchev–Trinajstić information content (AvgIpc) is 2.90. The first kappa shape index (κ1) is 23.4. The number of morpholine rings is 1. The summed E-state index contributed by atoms with van der Waals surface area (Å²) in [5.41, 5.74) is 2.00. The molecule has 0 aliphatic carbocycles. The Kier molecular flexibility index (Phi) is 6.85. The Labute approximate surface area is 208 Å². The van der Waals surface area contributed by atoms with Crippen LogP contribution in [0.4, 0.5) is 23.0 Å². The van der Waals surface area contributed by atoms with Gasteiger partial charge in [0.05, 0.1) is 30.4 Å². The van der Waals surface area contributed by atoms with Crippen molar-refractivity contribution in [1.82, 2.24) is 19.5 Å². The summed E-state index contributed by atoms with van der Waals surface area (Å²) in [4.78, 5) is 40.6. The number of amides is 1. The van der Waals surface area contributed by atoms with E-state index in [0.717, 1.165) is 24.6 Å². The fraction of sp³-hybridized carbons (Fsp3) is 0.269. The summed E-state index contributed by atoms with van der Waals surface area (Å²) in [6, 6.07) is 16.5.